The third-order valence-electron chi connectivity index (χ3n) is 2.40. The summed E-state index contributed by atoms with van der Waals surface area (Å²) in [6.45, 7) is 6.94. The third kappa shape index (κ3) is 3.32. The van der Waals surface area contributed by atoms with Crippen molar-refractivity contribution in [2.45, 2.75) is 39.0 Å². The van der Waals surface area contributed by atoms with Crippen molar-refractivity contribution in [3.8, 4) is 0 Å². The van der Waals surface area contributed by atoms with Crippen molar-refractivity contribution < 1.29 is 12.6 Å². The Morgan fingerprint density at radius 1 is 1.06 bits per heavy atom. The van der Waals surface area contributed by atoms with Crippen molar-refractivity contribution >= 4 is 10.1 Å². The fourth-order valence-electron chi connectivity index (χ4n) is 1.21. The number of hydrogen-bond donors (Lipinski definition) is 0. The van der Waals surface area contributed by atoms with Crippen LogP contribution >= 0.6 is 0 Å². The van der Waals surface area contributed by atoms with E-state index < -0.39 is 21.5 Å². The lowest BCUT2D eigenvalue weighted by atomic mass is 10.1. The van der Waals surface area contributed by atoms with E-state index in [2.05, 4.69) is 0 Å². The van der Waals surface area contributed by atoms with Gasteiger partial charge in [-0.15, -0.1) is 0 Å². The highest BCUT2D eigenvalue weighted by molar-refractivity contribution is 7.87. The second-order valence-corrected chi connectivity index (χ2v) is 6.31. The highest BCUT2D eigenvalue weighted by Gasteiger charge is 2.21. The van der Waals surface area contributed by atoms with E-state index >= 15 is 0 Å². The van der Waals surface area contributed by atoms with Crippen LogP contribution in [0.3, 0.4) is 0 Å². The van der Waals surface area contributed by atoms with Crippen molar-refractivity contribution in [1.82, 2.24) is 0 Å². The molecule has 0 heterocycles. The zero-order valence-electron chi connectivity index (χ0n) is 10.1. The summed E-state index contributed by atoms with van der Waals surface area (Å²) in [6, 6.07) is 7.65. The van der Waals surface area contributed by atoms with E-state index in [0.717, 1.165) is 11.1 Å². The summed E-state index contributed by atoms with van der Waals surface area (Å²) < 4.78 is 28.2. The Morgan fingerprint density at radius 3 is 2.00 bits per heavy atom. The summed E-state index contributed by atoms with van der Waals surface area (Å²) in [5.74, 6) is 0. The van der Waals surface area contributed by atoms with Gasteiger partial charge in [0.15, 0.2) is 0 Å². The molecule has 0 aliphatic carbocycles. The smallest absolute Gasteiger partial charge is 0.262 e. The first-order valence-corrected chi connectivity index (χ1v) is 6.78. The standard InChI is InChI=1S/C12H18O3S/c1-9(2)16(13,14)15-11(4)12-7-5-10(3)6-8-12/h5-9,11H,1-4H3. The number of benzene rings is 1. The Morgan fingerprint density at radius 2 is 1.56 bits per heavy atom. The maximum atomic E-state index is 11.6. The first-order chi connectivity index (χ1) is 7.33. The summed E-state index contributed by atoms with van der Waals surface area (Å²) in [6.07, 6.45) is -0.437. The van der Waals surface area contributed by atoms with Gasteiger partial charge in [-0.1, -0.05) is 29.8 Å². The highest BCUT2D eigenvalue weighted by Crippen LogP contribution is 2.21. The molecular formula is C12H18O3S. The van der Waals surface area contributed by atoms with E-state index in [4.69, 9.17) is 4.18 Å². The fraction of sp³-hybridized carbons (Fsp3) is 0.500. The minimum Gasteiger partial charge on any atom is -0.262 e. The van der Waals surface area contributed by atoms with Crippen LogP contribution in [0.1, 0.15) is 38.0 Å². The zero-order chi connectivity index (χ0) is 12.3. The van der Waals surface area contributed by atoms with E-state index in [0.29, 0.717) is 0 Å². The van der Waals surface area contributed by atoms with E-state index in [1.165, 1.54) is 0 Å². The van der Waals surface area contributed by atoms with Crippen LogP contribution in [0.5, 0.6) is 0 Å². The summed E-state index contributed by atoms with van der Waals surface area (Å²) in [4.78, 5) is 0. The fourth-order valence-corrected chi connectivity index (χ4v) is 1.94. The van der Waals surface area contributed by atoms with Crippen molar-refractivity contribution in [3.63, 3.8) is 0 Å². The molecule has 1 aromatic carbocycles. The predicted molar refractivity (Wildman–Crippen MR) is 64.7 cm³/mol. The largest absolute Gasteiger partial charge is 0.270 e. The zero-order valence-corrected chi connectivity index (χ0v) is 10.9. The van der Waals surface area contributed by atoms with Gasteiger partial charge in [-0.25, -0.2) is 0 Å². The average molecular weight is 242 g/mol. The second kappa shape index (κ2) is 4.97. The number of rotatable bonds is 4. The van der Waals surface area contributed by atoms with Crippen LogP contribution in [0, 0.1) is 6.92 Å². The van der Waals surface area contributed by atoms with Crippen LogP contribution in [0.15, 0.2) is 24.3 Å². The van der Waals surface area contributed by atoms with Crippen LogP contribution in [0.25, 0.3) is 0 Å². The lowest BCUT2D eigenvalue weighted by Crippen LogP contribution is -2.18. The van der Waals surface area contributed by atoms with E-state index in [1.807, 2.05) is 31.2 Å². The van der Waals surface area contributed by atoms with Gasteiger partial charge in [0.1, 0.15) is 0 Å². The van der Waals surface area contributed by atoms with E-state index in [-0.39, 0.29) is 0 Å². The predicted octanol–water partition coefficient (Wildman–Crippen LogP) is 2.81. The van der Waals surface area contributed by atoms with Crippen LogP contribution in [0.2, 0.25) is 0 Å². The molecule has 0 N–H and O–H groups in total. The van der Waals surface area contributed by atoms with Crippen molar-refractivity contribution in [1.29, 1.82) is 0 Å². The van der Waals surface area contributed by atoms with Crippen LogP contribution < -0.4 is 0 Å². The van der Waals surface area contributed by atoms with Crippen molar-refractivity contribution in [3.05, 3.63) is 35.4 Å². The third-order valence-corrected chi connectivity index (χ3v) is 4.11. The summed E-state index contributed by atoms with van der Waals surface area (Å²) in [5, 5.41) is -0.514. The summed E-state index contributed by atoms with van der Waals surface area (Å²) in [5.41, 5.74) is 2.01. The van der Waals surface area contributed by atoms with Gasteiger partial charge in [-0.3, -0.25) is 4.18 Å². The van der Waals surface area contributed by atoms with Crippen LogP contribution in [-0.4, -0.2) is 13.7 Å². The molecule has 0 bridgehead atoms. The molecule has 0 aromatic heterocycles. The number of hydrogen-bond acceptors (Lipinski definition) is 3. The molecule has 1 aromatic rings. The molecule has 0 saturated carbocycles. The van der Waals surface area contributed by atoms with Gasteiger partial charge in [0.05, 0.1) is 11.4 Å². The molecule has 1 unspecified atom stereocenters. The van der Waals surface area contributed by atoms with Gasteiger partial charge in [-0.05, 0) is 33.3 Å². The van der Waals surface area contributed by atoms with Crippen LogP contribution in [-0.2, 0) is 14.3 Å². The molecule has 0 fully saturated rings. The molecule has 0 radical (unpaired) electrons. The number of aryl methyl sites for hydroxylation is 1. The average Bonchev–Trinajstić information content (AvgIpc) is 2.17. The SMILES string of the molecule is Cc1ccc(C(C)OS(=O)(=O)C(C)C)cc1. The molecule has 90 valence electrons. The van der Waals surface area contributed by atoms with Gasteiger partial charge in [-0.2, -0.15) is 8.42 Å². The van der Waals surface area contributed by atoms with E-state index in [9.17, 15) is 8.42 Å². The Labute approximate surface area is 97.6 Å². The van der Waals surface area contributed by atoms with Gasteiger partial charge >= 0.3 is 0 Å². The van der Waals surface area contributed by atoms with Crippen molar-refractivity contribution in [2.24, 2.45) is 0 Å². The summed E-state index contributed by atoms with van der Waals surface area (Å²) >= 11 is 0. The first-order valence-electron chi connectivity index (χ1n) is 5.31. The molecule has 1 atom stereocenters. The molecular weight excluding hydrogens is 224 g/mol. The highest BCUT2D eigenvalue weighted by atomic mass is 32.2. The normalized spacial score (nSPS) is 14.1. The molecule has 0 spiro atoms. The molecule has 0 saturated heterocycles. The van der Waals surface area contributed by atoms with E-state index in [1.54, 1.807) is 20.8 Å². The maximum Gasteiger partial charge on any atom is 0.270 e. The second-order valence-electron chi connectivity index (χ2n) is 4.19. The van der Waals surface area contributed by atoms with Crippen molar-refractivity contribution in [2.75, 3.05) is 0 Å². The molecule has 0 aliphatic heterocycles. The Kier molecular flexibility index (Phi) is 4.10. The van der Waals surface area contributed by atoms with Gasteiger partial charge in [0.25, 0.3) is 10.1 Å². The van der Waals surface area contributed by atoms with Crippen LogP contribution in [0.4, 0.5) is 0 Å². The maximum absolute atomic E-state index is 11.6. The Hall–Kier alpha value is -0.870. The lowest BCUT2D eigenvalue weighted by Gasteiger charge is -2.15. The minimum absolute atomic E-state index is 0.437. The van der Waals surface area contributed by atoms with Gasteiger partial charge < -0.3 is 0 Å². The minimum atomic E-state index is -3.46. The molecule has 3 nitrogen and oxygen atoms in total. The molecule has 4 heteroatoms. The quantitative estimate of drug-likeness (QED) is 0.762. The molecule has 1 rings (SSSR count). The lowest BCUT2D eigenvalue weighted by molar-refractivity contribution is 0.231. The van der Waals surface area contributed by atoms with Gasteiger partial charge in [0, 0.05) is 0 Å². The summed E-state index contributed by atoms with van der Waals surface area (Å²) in [7, 11) is -3.46. The molecule has 0 amide bonds. The Bertz CT molecular complexity index is 432. The monoisotopic (exact) mass is 242 g/mol. The Balaban J connectivity index is 2.81. The molecule has 0 aliphatic rings. The first kappa shape index (κ1) is 13.2. The molecule has 16 heavy (non-hydrogen) atoms. The topological polar surface area (TPSA) is 43.4 Å². The van der Waals surface area contributed by atoms with Gasteiger partial charge in [0.2, 0.25) is 0 Å².